The van der Waals surface area contributed by atoms with E-state index in [0.29, 0.717) is 18.0 Å². The third-order valence-corrected chi connectivity index (χ3v) is 5.20. The molecule has 4 rings (SSSR count). The highest BCUT2D eigenvalue weighted by atomic mass is 35.5. The van der Waals surface area contributed by atoms with E-state index in [0.717, 1.165) is 30.2 Å². The summed E-state index contributed by atoms with van der Waals surface area (Å²) in [5.74, 6) is -1.32. The van der Waals surface area contributed by atoms with Crippen molar-refractivity contribution >= 4 is 23.2 Å². The molecule has 0 bridgehead atoms. The number of carbonyl (C=O) groups is 1. The van der Waals surface area contributed by atoms with E-state index in [1.54, 1.807) is 17.0 Å². The quantitative estimate of drug-likeness (QED) is 0.708. The average molecular weight is 405 g/mol. The Labute approximate surface area is 166 Å². The van der Waals surface area contributed by atoms with E-state index >= 15 is 0 Å². The summed E-state index contributed by atoms with van der Waals surface area (Å²) in [5.41, 5.74) is 1.98. The Balaban J connectivity index is 1.44. The molecule has 1 aliphatic heterocycles. The van der Waals surface area contributed by atoms with Gasteiger partial charge >= 0.3 is 0 Å². The first kappa shape index (κ1) is 18.9. The Morgan fingerprint density at radius 2 is 1.93 bits per heavy atom. The van der Waals surface area contributed by atoms with Crippen LogP contribution in [-0.4, -0.2) is 29.2 Å². The van der Waals surface area contributed by atoms with E-state index in [-0.39, 0.29) is 30.0 Å². The first-order valence-electron chi connectivity index (χ1n) is 9.21. The molecule has 7 heteroatoms. The molecule has 0 aromatic heterocycles. The average Bonchev–Trinajstić information content (AvgIpc) is 3.42. The molecule has 4 nitrogen and oxygen atoms in total. The number of carbonyl (C=O) groups excluding carboxylic acids is 1. The molecular formula is C21H19ClF2N2O2. The van der Waals surface area contributed by atoms with Gasteiger partial charge in [-0.2, -0.15) is 0 Å². The van der Waals surface area contributed by atoms with Crippen LogP contribution in [0.4, 0.5) is 8.78 Å². The van der Waals surface area contributed by atoms with Crippen molar-refractivity contribution in [2.45, 2.75) is 31.9 Å². The van der Waals surface area contributed by atoms with Crippen LogP contribution in [0.3, 0.4) is 0 Å². The highest BCUT2D eigenvalue weighted by Crippen LogP contribution is 2.32. The van der Waals surface area contributed by atoms with Gasteiger partial charge in [0.25, 0.3) is 0 Å². The zero-order valence-corrected chi connectivity index (χ0v) is 15.8. The van der Waals surface area contributed by atoms with Crippen LogP contribution in [0.1, 0.15) is 30.4 Å². The molecule has 0 saturated heterocycles. The van der Waals surface area contributed by atoms with Crippen LogP contribution in [0.2, 0.25) is 5.02 Å². The monoisotopic (exact) mass is 404 g/mol. The second kappa shape index (κ2) is 7.87. The van der Waals surface area contributed by atoms with Crippen LogP contribution in [0, 0.1) is 17.6 Å². The van der Waals surface area contributed by atoms with Gasteiger partial charge in [0.2, 0.25) is 5.91 Å². The number of hydrogen-bond donors (Lipinski definition) is 0. The van der Waals surface area contributed by atoms with Crippen LogP contribution in [0.5, 0.6) is 0 Å². The second-order valence-corrected chi connectivity index (χ2v) is 7.64. The SMILES string of the molecule is O=C(C1CC1)N(Cc1ccc(F)cc1F)CC1CC(c2ccc(Cl)cc2)=NO1. The number of amides is 1. The van der Waals surface area contributed by atoms with E-state index in [9.17, 15) is 13.6 Å². The number of nitrogens with zero attached hydrogens (tertiary/aromatic N) is 2. The van der Waals surface area contributed by atoms with Crippen molar-refractivity contribution < 1.29 is 18.4 Å². The van der Waals surface area contributed by atoms with Gasteiger partial charge in [0.15, 0.2) is 6.10 Å². The summed E-state index contributed by atoms with van der Waals surface area (Å²) in [5, 5.41) is 4.78. The van der Waals surface area contributed by atoms with Gasteiger partial charge in [-0.05, 0) is 36.6 Å². The van der Waals surface area contributed by atoms with Crippen molar-refractivity contribution in [3.63, 3.8) is 0 Å². The largest absolute Gasteiger partial charge is 0.390 e. The number of rotatable bonds is 6. The summed E-state index contributed by atoms with van der Waals surface area (Å²) in [6.07, 6.45) is 1.93. The maximum Gasteiger partial charge on any atom is 0.226 e. The molecule has 0 radical (unpaired) electrons. The minimum atomic E-state index is -0.654. The maximum atomic E-state index is 14.1. The summed E-state index contributed by atoms with van der Waals surface area (Å²) in [4.78, 5) is 19.8. The van der Waals surface area contributed by atoms with Gasteiger partial charge in [0.05, 0.1) is 12.3 Å². The van der Waals surface area contributed by atoms with Crippen molar-refractivity contribution in [3.8, 4) is 0 Å². The molecule has 1 heterocycles. The molecule has 146 valence electrons. The van der Waals surface area contributed by atoms with E-state index in [1.807, 2.05) is 12.1 Å². The van der Waals surface area contributed by atoms with Gasteiger partial charge in [-0.1, -0.05) is 35.0 Å². The smallest absolute Gasteiger partial charge is 0.226 e. The standard InChI is InChI=1S/C21H19ClF2N2O2/c22-16-6-3-13(4-7-16)20-10-18(28-25-20)12-26(21(27)14-1-2-14)11-15-5-8-17(23)9-19(15)24/h3-9,14,18H,1-2,10-12H2. The molecule has 28 heavy (non-hydrogen) atoms. The lowest BCUT2D eigenvalue weighted by molar-refractivity contribution is -0.135. The van der Waals surface area contributed by atoms with Gasteiger partial charge in [-0.3, -0.25) is 4.79 Å². The molecule has 2 aliphatic rings. The third-order valence-electron chi connectivity index (χ3n) is 4.95. The van der Waals surface area contributed by atoms with E-state index in [4.69, 9.17) is 16.4 Å². The molecule has 0 N–H and O–H groups in total. The second-order valence-electron chi connectivity index (χ2n) is 7.21. The summed E-state index contributed by atoms with van der Waals surface area (Å²) < 4.78 is 27.3. The lowest BCUT2D eigenvalue weighted by Gasteiger charge is -2.25. The normalized spacial score (nSPS) is 18.5. The number of hydrogen-bond acceptors (Lipinski definition) is 3. The number of halogens is 3. The van der Waals surface area contributed by atoms with Crippen molar-refractivity contribution in [3.05, 3.63) is 70.2 Å². The van der Waals surface area contributed by atoms with Crippen molar-refractivity contribution in [2.24, 2.45) is 11.1 Å². The van der Waals surface area contributed by atoms with Crippen molar-refractivity contribution in [2.75, 3.05) is 6.54 Å². The van der Waals surface area contributed by atoms with Gasteiger partial charge in [0, 0.05) is 35.5 Å². The maximum absolute atomic E-state index is 14.1. The molecule has 1 amide bonds. The van der Waals surface area contributed by atoms with Gasteiger partial charge in [-0.15, -0.1) is 0 Å². The molecule has 1 unspecified atom stereocenters. The van der Waals surface area contributed by atoms with Crippen LogP contribution in [-0.2, 0) is 16.2 Å². The fraction of sp³-hybridized carbons (Fsp3) is 0.333. The Bertz CT molecular complexity index is 913. The predicted molar refractivity (Wildman–Crippen MR) is 102 cm³/mol. The number of oxime groups is 1. The predicted octanol–water partition coefficient (Wildman–Crippen LogP) is 4.55. The first-order valence-corrected chi connectivity index (χ1v) is 9.59. The summed E-state index contributed by atoms with van der Waals surface area (Å²) in [6.45, 7) is 0.379. The summed E-state index contributed by atoms with van der Waals surface area (Å²) in [7, 11) is 0. The zero-order chi connectivity index (χ0) is 19.7. The molecule has 0 spiro atoms. The molecule has 1 aliphatic carbocycles. The van der Waals surface area contributed by atoms with E-state index in [1.165, 1.54) is 12.1 Å². The highest BCUT2D eigenvalue weighted by Gasteiger charge is 2.36. The van der Waals surface area contributed by atoms with Gasteiger partial charge in [0.1, 0.15) is 11.6 Å². The fourth-order valence-corrected chi connectivity index (χ4v) is 3.39. The van der Waals surface area contributed by atoms with Crippen LogP contribution in [0.25, 0.3) is 0 Å². The fourth-order valence-electron chi connectivity index (χ4n) is 3.26. The zero-order valence-electron chi connectivity index (χ0n) is 15.1. The van der Waals surface area contributed by atoms with Crippen molar-refractivity contribution in [1.82, 2.24) is 4.90 Å². The third kappa shape index (κ3) is 4.33. The van der Waals surface area contributed by atoms with Crippen LogP contribution >= 0.6 is 11.6 Å². The molecule has 1 fully saturated rings. The Hall–Kier alpha value is -2.47. The lowest BCUT2D eigenvalue weighted by Crippen LogP contribution is -2.38. The van der Waals surface area contributed by atoms with Crippen molar-refractivity contribution in [1.29, 1.82) is 0 Å². The Morgan fingerprint density at radius 1 is 1.18 bits per heavy atom. The minimum absolute atomic E-state index is 0.0124. The Morgan fingerprint density at radius 3 is 2.61 bits per heavy atom. The molecule has 1 saturated carbocycles. The highest BCUT2D eigenvalue weighted by molar-refractivity contribution is 6.30. The topological polar surface area (TPSA) is 41.9 Å². The Kier molecular flexibility index (Phi) is 5.31. The van der Waals surface area contributed by atoms with Crippen LogP contribution in [0.15, 0.2) is 47.6 Å². The minimum Gasteiger partial charge on any atom is -0.390 e. The van der Waals surface area contributed by atoms with E-state index in [2.05, 4.69) is 5.16 Å². The molecule has 2 aromatic carbocycles. The summed E-state index contributed by atoms with van der Waals surface area (Å²) >= 11 is 5.92. The van der Waals surface area contributed by atoms with Gasteiger partial charge in [-0.25, -0.2) is 8.78 Å². The molecule has 1 atom stereocenters. The summed E-state index contributed by atoms with van der Waals surface area (Å²) in [6, 6.07) is 10.7. The van der Waals surface area contributed by atoms with E-state index < -0.39 is 11.6 Å². The van der Waals surface area contributed by atoms with Crippen LogP contribution < -0.4 is 0 Å². The molecular weight excluding hydrogens is 386 g/mol. The molecule has 2 aromatic rings. The lowest BCUT2D eigenvalue weighted by atomic mass is 10.0. The first-order chi connectivity index (χ1) is 13.5. The van der Waals surface area contributed by atoms with Gasteiger partial charge < -0.3 is 9.74 Å². The number of benzene rings is 2.